The van der Waals surface area contributed by atoms with Gasteiger partial charge in [0.25, 0.3) is 0 Å². The van der Waals surface area contributed by atoms with Crippen LogP contribution in [0.1, 0.15) is 12.5 Å². The highest BCUT2D eigenvalue weighted by atomic mass is 16.5. The molecule has 2 heterocycles. The molecule has 2 rings (SSSR count). The zero-order valence-corrected chi connectivity index (χ0v) is 10.4. The normalized spacial score (nSPS) is 23.5. The van der Waals surface area contributed by atoms with Crippen molar-refractivity contribution in [2.45, 2.75) is 25.5 Å². The van der Waals surface area contributed by atoms with E-state index < -0.39 is 0 Å². The van der Waals surface area contributed by atoms with E-state index in [2.05, 4.69) is 16.8 Å². The largest absolute Gasteiger partial charge is 0.374 e. The second-order valence-electron chi connectivity index (χ2n) is 4.53. The summed E-state index contributed by atoms with van der Waals surface area (Å²) in [6.07, 6.45) is 4.62. The van der Waals surface area contributed by atoms with E-state index in [-0.39, 0.29) is 12.1 Å². The maximum absolute atomic E-state index is 6.23. The zero-order valence-electron chi connectivity index (χ0n) is 10.4. The van der Waals surface area contributed by atoms with Crippen LogP contribution in [0.4, 0.5) is 0 Å². The SMILES string of the molecule is CCN1CCOC(C(N)Cc2ccncc2)C1. The van der Waals surface area contributed by atoms with Crippen molar-refractivity contribution >= 4 is 0 Å². The van der Waals surface area contributed by atoms with Gasteiger partial charge in [-0.1, -0.05) is 6.92 Å². The molecule has 1 aliphatic heterocycles. The van der Waals surface area contributed by atoms with Crippen molar-refractivity contribution in [3.05, 3.63) is 30.1 Å². The zero-order chi connectivity index (χ0) is 12.1. The lowest BCUT2D eigenvalue weighted by atomic mass is 10.0. The van der Waals surface area contributed by atoms with Crippen LogP contribution < -0.4 is 5.73 Å². The molecule has 94 valence electrons. The fourth-order valence-corrected chi connectivity index (χ4v) is 2.20. The Bertz CT molecular complexity index is 331. The van der Waals surface area contributed by atoms with E-state index in [9.17, 15) is 0 Å². The van der Waals surface area contributed by atoms with Crippen LogP contribution in [-0.2, 0) is 11.2 Å². The molecule has 4 heteroatoms. The van der Waals surface area contributed by atoms with Gasteiger partial charge in [0.2, 0.25) is 0 Å². The van der Waals surface area contributed by atoms with E-state index in [4.69, 9.17) is 10.5 Å². The molecule has 1 aromatic rings. The molecule has 0 bridgehead atoms. The fourth-order valence-electron chi connectivity index (χ4n) is 2.20. The van der Waals surface area contributed by atoms with Crippen LogP contribution in [-0.4, -0.2) is 48.3 Å². The molecule has 2 unspecified atom stereocenters. The van der Waals surface area contributed by atoms with Crippen molar-refractivity contribution in [2.75, 3.05) is 26.2 Å². The average Bonchev–Trinajstić information content (AvgIpc) is 2.40. The molecular formula is C13H21N3O. The van der Waals surface area contributed by atoms with Gasteiger partial charge in [-0.3, -0.25) is 9.88 Å². The summed E-state index contributed by atoms with van der Waals surface area (Å²) in [5.74, 6) is 0. The summed E-state index contributed by atoms with van der Waals surface area (Å²) >= 11 is 0. The lowest BCUT2D eigenvalue weighted by molar-refractivity contribution is -0.0385. The summed E-state index contributed by atoms with van der Waals surface area (Å²) in [7, 11) is 0. The summed E-state index contributed by atoms with van der Waals surface area (Å²) in [5.41, 5.74) is 7.45. The van der Waals surface area contributed by atoms with Crippen LogP contribution in [0.25, 0.3) is 0 Å². The number of nitrogens with two attached hydrogens (primary N) is 1. The maximum Gasteiger partial charge on any atom is 0.0856 e. The predicted molar refractivity (Wildman–Crippen MR) is 67.8 cm³/mol. The quantitative estimate of drug-likeness (QED) is 0.833. The standard InChI is InChI=1S/C13H21N3O/c1-2-16-7-8-17-13(10-16)12(14)9-11-3-5-15-6-4-11/h3-6,12-13H,2,7-10,14H2,1H3. The van der Waals surface area contributed by atoms with Gasteiger partial charge in [-0.15, -0.1) is 0 Å². The molecule has 1 aromatic heterocycles. The number of rotatable bonds is 4. The van der Waals surface area contributed by atoms with Gasteiger partial charge in [0, 0.05) is 31.5 Å². The van der Waals surface area contributed by atoms with Crippen LogP contribution in [0.15, 0.2) is 24.5 Å². The van der Waals surface area contributed by atoms with Crippen molar-refractivity contribution in [1.29, 1.82) is 0 Å². The highest BCUT2D eigenvalue weighted by molar-refractivity contribution is 5.11. The molecule has 0 radical (unpaired) electrons. The van der Waals surface area contributed by atoms with Crippen molar-refractivity contribution in [3.63, 3.8) is 0 Å². The Kier molecular flexibility index (Phi) is 4.48. The monoisotopic (exact) mass is 235 g/mol. The van der Waals surface area contributed by atoms with E-state index >= 15 is 0 Å². The smallest absolute Gasteiger partial charge is 0.0856 e. The van der Waals surface area contributed by atoms with E-state index in [0.717, 1.165) is 32.7 Å². The van der Waals surface area contributed by atoms with Gasteiger partial charge in [0.1, 0.15) is 0 Å². The Hall–Kier alpha value is -0.970. The summed E-state index contributed by atoms with van der Waals surface area (Å²) in [4.78, 5) is 6.40. The second-order valence-corrected chi connectivity index (χ2v) is 4.53. The first-order valence-electron chi connectivity index (χ1n) is 6.28. The topological polar surface area (TPSA) is 51.4 Å². The Labute approximate surface area is 103 Å². The third kappa shape index (κ3) is 3.49. The molecule has 4 nitrogen and oxygen atoms in total. The van der Waals surface area contributed by atoms with E-state index in [0.29, 0.717) is 0 Å². The second kappa shape index (κ2) is 6.10. The molecule has 1 aliphatic rings. The molecule has 17 heavy (non-hydrogen) atoms. The first kappa shape index (κ1) is 12.5. The minimum Gasteiger partial charge on any atom is -0.374 e. The molecule has 1 fully saturated rings. The van der Waals surface area contributed by atoms with Crippen LogP contribution in [0.5, 0.6) is 0 Å². The van der Waals surface area contributed by atoms with Crippen molar-refractivity contribution in [1.82, 2.24) is 9.88 Å². The number of nitrogens with zero attached hydrogens (tertiary/aromatic N) is 2. The number of hydrogen-bond acceptors (Lipinski definition) is 4. The van der Waals surface area contributed by atoms with E-state index in [1.54, 1.807) is 0 Å². The number of ether oxygens (including phenoxy) is 1. The summed E-state index contributed by atoms with van der Waals surface area (Å²) < 4.78 is 5.76. The van der Waals surface area contributed by atoms with Crippen molar-refractivity contribution in [2.24, 2.45) is 5.73 Å². The van der Waals surface area contributed by atoms with Gasteiger partial charge in [0.05, 0.1) is 12.7 Å². The van der Waals surface area contributed by atoms with Gasteiger partial charge in [-0.05, 0) is 30.7 Å². The molecule has 1 saturated heterocycles. The molecule has 0 aliphatic carbocycles. The number of aromatic nitrogens is 1. The Morgan fingerprint density at radius 2 is 2.29 bits per heavy atom. The molecule has 2 N–H and O–H groups in total. The molecule has 0 aromatic carbocycles. The lowest BCUT2D eigenvalue weighted by Gasteiger charge is -2.35. The molecular weight excluding hydrogens is 214 g/mol. The molecule has 2 atom stereocenters. The van der Waals surface area contributed by atoms with Crippen LogP contribution in [0.2, 0.25) is 0 Å². The van der Waals surface area contributed by atoms with Gasteiger partial charge in [0.15, 0.2) is 0 Å². The summed E-state index contributed by atoms with van der Waals surface area (Å²) in [6.45, 7) is 6.01. The minimum atomic E-state index is 0.0618. The van der Waals surface area contributed by atoms with Crippen LogP contribution in [0, 0.1) is 0 Å². The number of likely N-dealkylation sites (N-methyl/N-ethyl adjacent to an activating group) is 1. The number of hydrogen-bond donors (Lipinski definition) is 1. The van der Waals surface area contributed by atoms with Crippen LogP contribution in [0.3, 0.4) is 0 Å². The van der Waals surface area contributed by atoms with Crippen LogP contribution >= 0.6 is 0 Å². The third-order valence-corrected chi connectivity index (χ3v) is 3.32. The fraction of sp³-hybridized carbons (Fsp3) is 0.615. The summed E-state index contributed by atoms with van der Waals surface area (Å²) in [5, 5.41) is 0. The van der Waals surface area contributed by atoms with Gasteiger partial charge in [-0.25, -0.2) is 0 Å². The van der Waals surface area contributed by atoms with Gasteiger partial charge >= 0.3 is 0 Å². The first-order chi connectivity index (χ1) is 8.29. The van der Waals surface area contributed by atoms with Gasteiger partial charge in [-0.2, -0.15) is 0 Å². The first-order valence-corrected chi connectivity index (χ1v) is 6.28. The predicted octanol–water partition coefficient (Wildman–Crippen LogP) is 0.672. The third-order valence-electron chi connectivity index (χ3n) is 3.32. The Morgan fingerprint density at radius 3 is 3.00 bits per heavy atom. The molecule has 0 saturated carbocycles. The average molecular weight is 235 g/mol. The highest BCUT2D eigenvalue weighted by Crippen LogP contribution is 2.11. The number of pyridine rings is 1. The highest BCUT2D eigenvalue weighted by Gasteiger charge is 2.24. The number of morpholine rings is 1. The maximum atomic E-state index is 6.23. The Morgan fingerprint density at radius 1 is 1.53 bits per heavy atom. The van der Waals surface area contributed by atoms with Crippen molar-refractivity contribution < 1.29 is 4.74 Å². The van der Waals surface area contributed by atoms with E-state index in [1.807, 2.05) is 24.5 Å². The Balaban J connectivity index is 1.89. The van der Waals surface area contributed by atoms with Crippen molar-refractivity contribution in [3.8, 4) is 0 Å². The summed E-state index contributed by atoms with van der Waals surface area (Å²) in [6, 6.07) is 4.09. The lowest BCUT2D eigenvalue weighted by Crippen LogP contribution is -2.51. The minimum absolute atomic E-state index is 0.0618. The van der Waals surface area contributed by atoms with Gasteiger partial charge < -0.3 is 10.5 Å². The molecule has 0 amide bonds. The van der Waals surface area contributed by atoms with E-state index in [1.165, 1.54) is 5.56 Å². The molecule has 0 spiro atoms.